The molecule has 1 aromatic heterocycles. The third kappa shape index (κ3) is 5.83. The first-order chi connectivity index (χ1) is 13.3. The number of aromatic nitrogens is 1. The second-order valence-corrected chi connectivity index (χ2v) is 8.91. The lowest BCUT2D eigenvalue weighted by molar-refractivity contribution is -0.896. The Morgan fingerprint density at radius 2 is 1.97 bits per heavy atom. The number of quaternary nitrogens is 1. The van der Waals surface area contributed by atoms with Crippen molar-refractivity contribution in [2.24, 2.45) is 11.1 Å². The number of likely N-dealkylation sites (tertiary alicyclic amines) is 1. The van der Waals surface area contributed by atoms with Gasteiger partial charge in [-0.25, -0.2) is 0 Å². The van der Waals surface area contributed by atoms with Gasteiger partial charge in [0.25, 0.3) is 5.56 Å². The summed E-state index contributed by atoms with van der Waals surface area (Å²) in [5.74, 6) is 0.624. The van der Waals surface area contributed by atoms with Gasteiger partial charge in [-0.15, -0.1) is 0 Å². The summed E-state index contributed by atoms with van der Waals surface area (Å²) in [4.78, 5) is 14.4. The third-order valence-corrected chi connectivity index (χ3v) is 6.38. The molecule has 1 saturated heterocycles. The fourth-order valence-corrected chi connectivity index (χ4v) is 4.46. The lowest BCUT2D eigenvalue weighted by atomic mass is 9.76. The zero-order valence-electron chi connectivity index (χ0n) is 17.2. The molecule has 0 aliphatic carbocycles. The quantitative estimate of drug-likeness (QED) is 0.201. The van der Waals surface area contributed by atoms with Crippen molar-refractivity contribution in [2.45, 2.75) is 32.1 Å². The monoisotopic (exact) mass is 529 g/mol. The van der Waals surface area contributed by atoms with Gasteiger partial charge in [0, 0.05) is 41.6 Å². The minimum absolute atomic E-state index is 0. The largest absolute Gasteiger partial charge is 1.00 e. The van der Waals surface area contributed by atoms with E-state index in [1.165, 1.54) is 0 Å². The highest BCUT2D eigenvalue weighted by Crippen LogP contribution is 2.39. The Balaban J connectivity index is 0.00000300. The average molecular weight is 530 g/mol. The number of aryl methyl sites for hydroxylation is 1. The Labute approximate surface area is 194 Å². The summed E-state index contributed by atoms with van der Waals surface area (Å²) in [5.41, 5.74) is 2.89. The van der Waals surface area contributed by atoms with Crippen LogP contribution in [0.3, 0.4) is 0 Å². The number of benzene rings is 1. The molecule has 2 aromatic rings. The van der Waals surface area contributed by atoms with Crippen LogP contribution >= 0.6 is 11.6 Å². The van der Waals surface area contributed by atoms with Crippen molar-refractivity contribution >= 4 is 17.3 Å². The van der Waals surface area contributed by atoms with E-state index in [2.05, 4.69) is 30.3 Å². The van der Waals surface area contributed by atoms with Crippen molar-refractivity contribution < 1.29 is 33.7 Å². The van der Waals surface area contributed by atoms with Crippen LogP contribution in [0.1, 0.15) is 41.9 Å². The van der Waals surface area contributed by atoms with Gasteiger partial charge in [-0.3, -0.25) is 4.79 Å². The first-order valence-corrected chi connectivity index (χ1v) is 10.2. The summed E-state index contributed by atoms with van der Waals surface area (Å²) in [6.07, 6.45) is 4.40. The molecule has 1 aromatic carbocycles. The van der Waals surface area contributed by atoms with Gasteiger partial charge in [0.15, 0.2) is 0 Å². The molecule has 158 valence electrons. The number of rotatable bonds is 5. The molecule has 0 saturated carbocycles. The van der Waals surface area contributed by atoms with Gasteiger partial charge >= 0.3 is 0 Å². The Morgan fingerprint density at radius 3 is 2.55 bits per heavy atom. The fourth-order valence-electron chi connectivity index (χ4n) is 4.18. The Kier molecular flexibility index (Phi) is 8.31. The van der Waals surface area contributed by atoms with Crippen LogP contribution in [-0.2, 0) is 0 Å². The van der Waals surface area contributed by atoms with E-state index >= 15 is 0 Å². The maximum absolute atomic E-state index is 11.7. The molecule has 29 heavy (non-hydrogen) atoms. The number of H-pyrrole nitrogens is 1. The minimum atomic E-state index is -0.129. The number of piperidine rings is 1. The molecular formula is C22H29ClIN3O2. The lowest BCUT2D eigenvalue weighted by Crippen LogP contribution is -3.00. The zero-order valence-corrected chi connectivity index (χ0v) is 20.1. The fraction of sp³-hybridized carbons (Fsp3) is 0.455. The smallest absolute Gasteiger partial charge is 0.250 e. The molecule has 0 amide bonds. The summed E-state index contributed by atoms with van der Waals surface area (Å²) in [5, 5.41) is 14.1. The predicted octanol–water partition coefficient (Wildman–Crippen LogP) is 1.18. The first-order valence-electron chi connectivity index (χ1n) is 9.78. The topological polar surface area (TPSA) is 65.5 Å². The van der Waals surface area contributed by atoms with Crippen LogP contribution in [0.4, 0.5) is 0 Å². The molecule has 5 nitrogen and oxygen atoms in total. The normalized spacial score (nSPS) is 18.1. The molecule has 3 rings (SSSR count). The van der Waals surface area contributed by atoms with Crippen LogP contribution in [0.5, 0.6) is 0 Å². The lowest BCUT2D eigenvalue weighted by Gasteiger charge is -2.40. The highest BCUT2D eigenvalue weighted by atomic mass is 127. The van der Waals surface area contributed by atoms with Gasteiger partial charge in [-0.05, 0) is 36.5 Å². The molecular weight excluding hydrogens is 501 g/mol. The van der Waals surface area contributed by atoms with Gasteiger partial charge in [0.05, 0.1) is 32.9 Å². The van der Waals surface area contributed by atoms with Crippen molar-refractivity contribution in [1.29, 1.82) is 0 Å². The minimum Gasteiger partial charge on any atom is -1.00 e. The number of nitrogens with one attached hydrogen (secondary N) is 1. The van der Waals surface area contributed by atoms with Gasteiger partial charge in [0.1, 0.15) is 0 Å². The second-order valence-electron chi connectivity index (χ2n) is 8.50. The van der Waals surface area contributed by atoms with Crippen LogP contribution in [-0.4, -0.2) is 47.6 Å². The maximum atomic E-state index is 11.7. The van der Waals surface area contributed by atoms with Gasteiger partial charge in [-0.1, -0.05) is 35.0 Å². The number of nitrogens with zero attached hydrogens (tertiary/aromatic N) is 2. The molecule has 1 atom stereocenters. The van der Waals surface area contributed by atoms with E-state index in [4.69, 9.17) is 11.6 Å². The van der Waals surface area contributed by atoms with E-state index in [0.29, 0.717) is 23.6 Å². The molecule has 1 aliphatic rings. The molecule has 7 heteroatoms. The number of halogens is 2. The van der Waals surface area contributed by atoms with Crippen molar-refractivity contribution in [1.82, 2.24) is 4.98 Å². The van der Waals surface area contributed by atoms with E-state index < -0.39 is 0 Å². The number of hydrogen-bond donors (Lipinski definition) is 2. The number of pyridine rings is 1. The molecule has 2 N–H and O–H groups in total. The molecule has 2 heterocycles. The standard InChI is InChI=1S/C22H28ClN3O2.HI/c1-15-12-17(14-24-22(15)27)21(25-28)13-19(18-6-4-5-7-20(18)23)16-8-10-26(2,3)11-9-16;/h4-7,12,14,16,19H,8-11,13H2,1-3H3,(H-,24,25,27,28);1H. The molecule has 1 aliphatic heterocycles. The molecule has 0 bridgehead atoms. The van der Waals surface area contributed by atoms with E-state index in [1.807, 2.05) is 18.2 Å². The van der Waals surface area contributed by atoms with Crippen molar-refractivity contribution in [3.8, 4) is 0 Å². The molecule has 0 spiro atoms. The summed E-state index contributed by atoms with van der Waals surface area (Å²) in [6.45, 7) is 3.99. The van der Waals surface area contributed by atoms with E-state index in [0.717, 1.165) is 46.6 Å². The predicted molar refractivity (Wildman–Crippen MR) is 113 cm³/mol. The van der Waals surface area contributed by atoms with Crippen LogP contribution in [0.2, 0.25) is 5.02 Å². The van der Waals surface area contributed by atoms with E-state index in [1.54, 1.807) is 19.2 Å². The summed E-state index contributed by atoms with van der Waals surface area (Å²) in [6, 6.07) is 9.73. The summed E-state index contributed by atoms with van der Waals surface area (Å²) >= 11 is 6.56. The van der Waals surface area contributed by atoms with E-state index in [9.17, 15) is 10.0 Å². The molecule has 1 unspecified atom stereocenters. The van der Waals surface area contributed by atoms with E-state index in [-0.39, 0.29) is 35.5 Å². The summed E-state index contributed by atoms with van der Waals surface area (Å²) in [7, 11) is 4.54. The summed E-state index contributed by atoms with van der Waals surface area (Å²) < 4.78 is 1.03. The van der Waals surface area contributed by atoms with Gasteiger partial charge in [-0.2, -0.15) is 0 Å². The molecule has 0 radical (unpaired) electrons. The SMILES string of the molecule is Cc1cc(/C(CC(c2ccccc2Cl)C2CC[N+](C)(C)CC2)=N/O)c[nH]c1=O.[I-]. The maximum Gasteiger partial charge on any atom is 0.250 e. The highest BCUT2D eigenvalue weighted by Gasteiger charge is 2.34. The van der Waals surface area contributed by atoms with Crippen molar-refractivity contribution in [2.75, 3.05) is 27.2 Å². The number of aromatic amines is 1. The third-order valence-electron chi connectivity index (χ3n) is 6.04. The Hall–Kier alpha value is -1.38. The van der Waals surface area contributed by atoms with Gasteiger partial charge < -0.3 is 38.7 Å². The number of oxime groups is 1. The van der Waals surface area contributed by atoms with Crippen LogP contribution in [0.25, 0.3) is 0 Å². The van der Waals surface area contributed by atoms with Crippen molar-refractivity contribution in [3.63, 3.8) is 0 Å². The van der Waals surface area contributed by atoms with Crippen LogP contribution in [0.15, 0.2) is 46.5 Å². The second kappa shape index (κ2) is 10.1. The highest BCUT2D eigenvalue weighted by molar-refractivity contribution is 6.31. The van der Waals surface area contributed by atoms with Gasteiger partial charge in [0.2, 0.25) is 0 Å². The van der Waals surface area contributed by atoms with Crippen LogP contribution in [0, 0.1) is 12.8 Å². The first kappa shape index (κ1) is 23.9. The number of hydrogen-bond acceptors (Lipinski definition) is 3. The van der Waals surface area contributed by atoms with Crippen molar-refractivity contribution in [3.05, 3.63) is 68.6 Å². The van der Waals surface area contributed by atoms with Crippen LogP contribution < -0.4 is 29.5 Å². The average Bonchev–Trinajstić information content (AvgIpc) is 2.66. The molecule has 1 fully saturated rings. The Morgan fingerprint density at radius 1 is 1.31 bits per heavy atom. The zero-order chi connectivity index (χ0) is 20.3. The Bertz CT molecular complexity index is 916.